The molecule has 0 aliphatic carbocycles. The lowest BCUT2D eigenvalue weighted by Crippen LogP contribution is -2.46. The maximum absolute atomic E-state index is 12.6. The number of hydrogen-bond acceptors (Lipinski definition) is 4. The average Bonchev–Trinajstić information content (AvgIpc) is 2.47. The maximum atomic E-state index is 12.6. The quantitative estimate of drug-likeness (QED) is 0.756. The lowest BCUT2D eigenvalue weighted by molar-refractivity contribution is -0.0163. The molecule has 1 aliphatic rings. The van der Waals surface area contributed by atoms with Crippen molar-refractivity contribution in [3.8, 4) is 5.75 Å². The molecule has 0 aromatic heterocycles. The summed E-state index contributed by atoms with van der Waals surface area (Å²) in [6, 6.07) is 7.38. The number of Topliss-reactive ketones (excluding diaryl/α,β-unsaturated/α-hetero) is 1. The van der Waals surface area contributed by atoms with Crippen molar-refractivity contribution in [3.63, 3.8) is 0 Å². The first-order valence-corrected chi connectivity index (χ1v) is 7.75. The fourth-order valence-electron chi connectivity index (χ4n) is 2.56. The van der Waals surface area contributed by atoms with E-state index in [0.717, 1.165) is 25.3 Å². The van der Waals surface area contributed by atoms with Crippen LogP contribution in [0.2, 0.25) is 0 Å². The Bertz CT molecular complexity index is 471. The number of rotatable bonds is 6. The van der Waals surface area contributed by atoms with Crippen LogP contribution in [0.1, 0.15) is 37.6 Å². The zero-order chi connectivity index (χ0) is 15.2. The number of benzene rings is 1. The number of ether oxygens (including phenoxy) is 2. The predicted molar refractivity (Wildman–Crippen MR) is 83.0 cm³/mol. The summed E-state index contributed by atoms with van der Waals surface area (Å²) in [7, 11) is 0. The standard InChI is InChI=1S/C17H25NO3/c1-4-8-18-9-10-20-16(12-18)17(19)14-6-5-7-15(11-14)21-13(2)3/h5-7,11,13,16H,4,8-10,12H2,1-3H3. The van der Waals surface area contributed by atoms with Crippen molar-refractivity contribution in [1.29, 1.82) is 0 Å². The van der Waals surface area contributed by atoms with Crippen LogP contribution in [0.4, 0.5) is 0 Å². The minimum absolute atomic E-state index is 0.0463. The van der Waals surface area contributed by atoms with Crippen LogP contribution in [0.25, 0.3) is 0 Å². The molecular weight excluding hydrogens is 266 g/mol. The van der Waals surface area contributed by atoms with Crippen LogP contribution in [0.15, 0.2) is 24.3 Å². The number of nitrogens with zero attached hydrogens (tertiary/aromatic N) is 1. The Labute approximate surface area is 127 Å². The van der Waals surface area contributed by atoms with Gasteiger partial charge in [-0.3, -0.25) is 9.69 Å². The SMILES string of the molecule is CCCN1CCOC(C(=O)c2cccc(OC(C)C)c2)C1. The summed E-state index contributed by atoms with van der Waals surface area (Å²) >= 11 is 0. The van der Waals surface area contributed by atoms with Crippen molar-refractivity contribution in [3.05, 3.63) is 29.8 Å². The van der Waals surface area contributed by atoms with Crippen molar-refractivity contribution in [2.24, 2.45) is 0 Å². The van der Waals surface area contributed by atoms with E-state index in [9.17, 15) is 4.79 Å². The van der Waals surface area contributed by atoms with Crippen molar-refractivity contribution in [2.45, 2.75) is 39.4 Å². The molecule has 1 aliphatic heterocycles. The zero-order valence-electron chi connectivity index (χ0n) is 13.2. The van der Waals surface area contributed by atoms with E-state index in [-0.39, 0.29) is 18.0 Å². The first kappa shape index (κ1) is 16.0. The number of carbonyl (C=O) groups is 1. The maximum Gasteiger partial charge on any atom is 0.193 e. The molecule has 21 heavy (non-hydrogen) atoms. The second kappa shape index (κ2) is 7.57. The Morgan fingerprint density at radius 1 is 1.48 bits per heavy atom. The van der Waals surface area contributed by atoms with Crippen molar-refractivity contribution >= 4 is 5.78 Å². The van der Waals surface area contributed by atoms with Gasteiger partial charge in [0.25, 0.3) is 0 Å². The van der Waals surface area contributed by atoms with Crippen LogP contribution in [-0.2, 0) is 4.74 Å². The summed E-state index contributed by atoms with van der Waals surface area (Å²) < 4.78 is 11.3. The molecule has 1 aromatic rings. The van der Waals surface area contributed by atoms with Gasteiger partial charge in [-0.2, -0.15) is 0 Å². The first-order valence-electron chi connectivity index (χ1n) is 7.75. The first-order chi connectivity index (χ1) is 10.1. The number of hydrogen-bond donors (Lipinski definition) is 0. The highest BCUT2D eigenvalue weighted by atomic mass is 16.5. The summed E-state index contributed by atoms with van der Waals surface area (Å²) in [5, 5.41) is 0. The molecule has 0 N–H and O–H groups in total. The van der Waals surface area contributed by atoms with Gasteiger partial charge in [0, 0.05) is 18.7 Å². The second-order valence-electron chi connectivity index (χ2n) is 5.72. The van der Waals surface area contributed by atoms with Crippen LogP contribution in [0, 0.1) is 0 Å². The van der Waals surface area contributed by atoms with Gasteiger partial charge in [0.05, 0.1) is 12.7 Å². The molecule has 0 bridgehead atoms. The van der Waals surface area contributed by atoms with Crippen molar-refractivity contribution in [2.75, 3.05) is 26.2 Å². The zero-order valence-corrected chi connectivity index (χ0v) is 13.2. The number of ketones is 1. The third-order valence-corrected chi connectivity index (χ3v) is 3.47. The van der Waals surface area contributed by atoms with E-state index in [2.05, 4.69) is 11.8 Å². The van der Waals surface area contributed by atoms with Gasteiger partial charge in [-0.1, -0.05) is 19.1 Å². The highest BCUT2D eigenvalue weighted by Gasteiger charge is 2.27. The molecule has 0 spiro atoms. The van der Waals surface area contributed by atoms with Gasteiger partial charge < -0.3 is 9.47 Å². The second-order valence-corrected chi connectivity index (χ2v) is 5.72. The lowest BCUT2D eigenvalue weighted by Gasteiger charge is -2.31. The minimum atomic E-state index is -0.361. The Hall–Kier alpha value is -1.39. The van der Waals surface area contributed by atoms with Gasteiger partial charge in [0.15, 0.2) is 5.78 Å². The molecule has 1 atom stereocenters. The largest absolute Gasteiger partial charge is 0.491 e. The molecule has 1 unspecified atom stereocenters. The molecule has 4 heteroatoms. The predicted octanol–water partition coefficient (Wildman–Crippen LogP) is 2.77. The van der Waals surface area contributed by atoms with Crippen molar-refractivity contribution in [1.82, 2.24) is 4.90 Å². The molecule has 116 valence electrons. The normalized spacial score (nSPS) is 19.7. The molecule has 0 radical (unpaired) electrons. The molecular formula is C17H25NO3. The molecule has 1 aromatic carbocycles. The van der Waals surface area contributed by atoms with E-state index >= 15 is 0 Å². The fourth-order valence-corrected chi connectivity index (χ4v) is 2.56. The summed E-state index contributed by atoms with van der Waals surface area (Å²) in [4.78, 5) is 14.9. The van der Waals surface area contributed by atoms with Crippen molar-refractivity contribution < 1.29 is 14.3 Å². The topological polar surface area (TPSA) is 38.8 Å². The minimum Gasteiger partial charge on any atom is -0.491 e. The summed E-state index contributed by atoms with van der Waals surface area (Å²) in [6.45, 7) is 9.33. The van der Waals surface area contributed by atoms with E-state index in [1.165, 1.54) is 0 Å². The van der Waals surface area contributed by atoms with E-state index in [1.54, 1.807) is 0 Å². The highest BCUT2D eigenvalue weighted by Crippen LogP contribution is 2.18. The van der Waals surface area contributed by atoms with Gasteiger partial charge in [-0.15, -0.1) is 0 Å². The molecule has 0 saturated carbocycles. The van der Waals surface area contributed by atoms with Gasteiger partial charge in [-0.25, -0.2) is 0 Å². The van der Waals surface area contributed by atoms with Gasteiger partial charge in [0.1, 0.15) is 11.9 Å². The van der Waals surface area contributed by atoms with Gasteiger partial charge in [0.2, 0.25) is 0 Å². The smallest absolute Gasteiger partial charge is 0.193 e. The molecule has 2 rings (SSSR count). The Kier molecular flexibility index (Phi) is 5.76. The molecule has 1 saturated heterocycles. The van der Waals surface area contributed by atoms with E-state index in [1.807, 2.05) is 38.1 Å². The molecule has 4 nitrogen and oxygen atoms in total. The summed E-state index contributed by atoms with van der Waals surface area (Å²) in [5.41, 5.74) is 0.663. The third kappa shape index (κ3) is 4.55. The third-order valence-electron chi connectivity index (χ3n) is 3.47. The Morgan fingerprint density at radius 2 is 2.29 bits per heavy atom. The van der Waals surface area contributed by atoms with Gasteiger partial charge >= 0.3 is 0 Å². The monoisotopic (exact) mass is 291 g/mol. The molecule has 0 amide bonds. The van der Waals surface area contributed by atoms with Gasteiger partial charge in [-0.05, 0) is 38.9 Å². The summed E-state index contributed by atoms with van der Waals surface area (Å²) in [5.74, 6) is 0.780. The lowest BCUT2D eigenvalue weighted by atomic mass is 10.0. The molecule has 1 heterocycles. The van der Waals surface area contributed by atoms with E-state index in [4.69, 9.17) is 9.47 Å². The van der Waals surface area contributed by atoms with Crippen LogP contribution >= 0.6 is 0 Å². The Morgan fingerprint density at radius 3 is 3.00 bits per heavy atom. The van der Waals surface area contributed by atoms with E-state index in [0.29, 0.717) is 18.7 Å². The Balaban J connectivity index is 2.05. The van der Waals surface area contributed by atoms with Crippen LogP contribution in [0.5, 0.6) is 5.75 Å². The van der Waals surface area contributed by atoms with Crippen LogP contribution in [-0.4, -0.2) is 49.1 Å². The number of carbonyl (C=O) groups excluding carboxylic acids is 1. The van der Waals surface area contributed by atoms with Crippen LogP contribution in [0.3, 0.4) is 0 Å². The van der Waals surface area contributed by atoms with E-state index < -0.39 is 0 Å². The molecule has 1 fully saturated rings. The highest BCUT2D eigenvalue weighted by molar-refractivity contribution is 6.00. The fraction of sp³-hybridized carbons (Fsp3) is 0.588. The number of morpholine rings is 1. The average molecular weight is 291 g/mol. The summed E-state index contributed by atoms with van der Waals surface area (Å²) in [6.07, 6.45) is 0.833. The van der Waals surface area contributed by atoms with Crippen LogP contribution < -0.4 is 4.74 Å².